The number of hydrogen-bond acceptors (Lipinski definition) is 3. The molecule has 1 aliphatic heterocycles. The lowest BCUT2D eigenvalue weighted by Crippen LogP contribution is -2.33. The second kappa shape index (κ2) is 6.42. The maximum atomic E-state index is 9.26. The van der Waals surface area contributed by atoms with Crippen LogP contribution in [-0.4, -0.2) is 19.3 Å². The van der Waals surface area contributed by atoms with Crippen LogP contribution in [0.25, 0.3) is 0 Å². The number of halogens is 2. The highest BCUT2D eigenvalue weighted by molar-refractivity contribution is 9.10. The van der Waals surface area contributed by atoms with Gasteiger partial charge in [-0.1, -0.05) is 11.6 Å². The summed E-state index contributed by atoms with van der Waals surface area (Å²) in [5.41, 5.74) is 0.892. The molecule has 1 fully saturated rings. The van der Waals surface area contributed by atoms with Crippen molar-refractivity contribution in [2.75, 3.05) is 18.5 Å². The van der Waals surface area contributed by atoms with Crippen molar-refractivity contribution in [2.45, 2.75) is 18.9 Å². The Balaban J connectivity index is 2.05. The van der Waals surface area contributed by atoms with Crippen molar-refractivity contribution in [3.05, 3.63) is 27.7 Å². The quantitative estimate of drug-likeness (QED) is 0.916. The molecule has 1 N–H and O–H groups in total. The van der Waals surface area contributed by atoms with Gasteiger partial charge < -0.3 is 10.1 Å². The molecule has 0 spiro atoms. The van der Waals surface area contributed by atoms with E-state index in [0.29, 0.717) is 11.6 Å². The topological polar surface area (TPSA) is 45.0 Å². The minimum Gasteiger partial charge on any atom is -0.381 e. The number of ether oxygens (including phenoxy) is 1. The lowest BCUT2D eigenvalue weighted by molar-refractivity contribution is 0.0532. The Hall–Kier alpha value is -0.760. The van der Waals surface area contributed by atoms with Crippen molar-refractivity contribution < 1.29 is 4.74 Å². The summed E-state index contributed by atoms with van der Waals surface area (Å²) in [6.07, 6.45) is 2.05. The van der Waals surface area contributed by atoms with Gasteiger partial charge in [0, 0.05) is 22.7 Å². The van der Waals surface area contributed by atoms with Crippen molar-refractivity contribution in [3.8, 4) is 6.07 Å². The van der Waals surface area contributed by atoms with E-state index in [1.807, 2.05) is 12.1 Å². The molecule has 0 saturated carbocycles. The van der Waals surface area contributed by atoms with Gasteiger partial charge in [0.15, 0.2) is 0 Å². The van der Waals surface area contributed by atoms with Gasteiger partial charge in [0.05, 0.1) is 17.7 Å². The molecule has 96 valence electrons. The van der Waals surface area contributed by atoms with E-state index in [4.69, 9.17) is 16.3 Å². The van der Waals surface area contributed by atoms with E-state index in [-0.39, 0.29) is 12.0 Å². The minimum absolute atomic E-state index is 0.224. The van der Waals surface area contributed by atoms with Crippen molar-refractivity contribution >= 4 is 33.2 Å². The molecule has 3 nitrogen and oxygen atoms in total. The van der Waals surface area contributed by atoms with Crippen LogP contribution in [0.15, 0.2) is 22.7 Å². The molecule has 2 atom stereocenters. The zero-order valence-electron chi connectivity index (χ0n) is 9.83. The van der Waals surface area contributed by atoms with Gasteiger partial charge in [-0.15, -0.1) is 0 Å². The van der Waals surface area contributed by atoms with Gasteiger partial charge in [0.2, 0.25) is 0 Å². The van der Waals surface area contributed by atoms with Crippen LogP contribution in [0.1, 0.15) is 12.8 Å². The highest BCUT2D eigenvalue weighted by atomic mass is 79.9. The Morgan fingerprint density at radius 3 is 3.00 bits per heavy atom. The molecule has 0 aromatic heterocycles. The molecule has 1 heterocycles. The molecule has 1 aromatic carbocycles. The second-order valence-corrected chi connectivity index (χ2v) is 5.62. The first kappa shape index (κ1) is 13.7. The first-order valence-corrected chi connectivity index (χ1v) is 7.07. The first-order chi connectivity index (χ1) is 8.70. The predicted octanol–water partition coefficient (Wildman–Crippen LogP) is 3.83. The van der Waals surface area contributed by atoms with E-state index in [2.05, 4.69) is 27.3 Å². The highest BCUT2D eigenvalue weighted by Crippen LogP contribution is 2.27. The zero-order chi connectivity index (χ0) is 13.0. The molecule has 0 aliphatic carbocycles. The average molecular weight is 330 g/mol. The molecular weight excluding hydrogens is 316 g/mol. The van der Waals surface area contributed by atoms with Gasteiger partial charge in [-0.2, -0.15) is 5.26 Å². The molecule has 18 heavy (non-hydrogen) atoms. The minimum atomic E-state index is -0.224. The van der Waals surface area contributed by atoms with E-state index in [9.17, 15) is 5.26 Å². The Kier molecular flexibility index (Phi) is 4.87. The molecule has 1 aliphatic rings. The average Bonchev–Trinajstić information content (AvgIpc) is 2.41. The summed E-state index contributed by atoms with van der Waals surface area (Å²) < 4.78 is 6.25. The van der Waals surface area contributed by atoms with Gasteiger partial charge in [0.25, 0.3) is 0 Å². The first-order valence-electron chi connectivity index (χ1n) is 5.89. The summed E-state index contributed by atoms with van der Waals surface area (Å²) in [7, 11) is 0. The van der Waals surface area contributed by atoms with Crippen LogP contribution in [0.3, 0.4) is 0 Å². The molecule has 0 radical (unpaired) electrons. The smallest absolute Gasteiger partial charge is 0.119 e. The fourth-order valence-corrected chi connectivity index (χ4v) is 2.55. The van der Waals surface area contributed by atoms with Crippen LogP contribution in [-0.2, 0) is 4.74 Å². The largest absolute Gasteiger partial charge is 0.381 e. The number of benzene rings is 1. The van der Waals surface area contributed by atoms with Crippen LogP contribution < -0.4 is 5.32 Å². The van der Waals surface area contributed by atoms with E-state index in [1.54, 1.807) is 6.07 Å². The number of nitriles is 1. The SMILES string of the molecule is N#CC(Nc1ccc(Cl)c(Br)c1)C1CCCOC1. The molecular formula is C13H14BrClN2O. The van der Waals surface area contributed by atoms with Crippen molar-refractivity contribution in [1.82, 2.24) is 0 Å². The van der Waals surface area contributed by atoms with Crippen LogP contribution >= 0.6 is 27.5 Å². The number of hydrogen-bond donors (Lipinski definition) is 1. The van der Waals surface area contributed by atoms with Gasteiger partial charge in [-0.05, 0) is 47.0 Å². The zero-order valence-corrected chi connectivity index (χ0v) is 12.2. The van der Waals surface area contributed by atoms with Crippen LogP contribution in [0, 0.1) is 17.2 Å². The molecule has 2 unspecified atom stereocenters. The Morgan fingerprint density at radius 1 is 1.56 bits per heavy atom. The van der Waals surface area contributed by atoms with E-state index >= 15 is 0 Å². The third-order valence-electron chi connectivity index (χ3n) is 3.05. The standard InChI is InChI=1S/C13H14BrClN2O/c14-11-6-10(3-4-12(11)15)17-13(7-16)9-2-1-5-18-8-9/h3-4,6,9,13,17H,1-2,5,8H2. The summed E-state index contributed by atoms with van der Waals surface area (Å²) >= 11 is 9.31. The maximum Gasteiger partial charge on any atom is 0.119 e. The number of rotatable bonds is 3. The fourth-order valence-electron chi connectivity index (χ4n) is 2.05. The Labute approximate surface area is 120 Å². The van der Waals surface area contributed by atoms with Gasteiger partial charge in [0.1, 0.15) is 6.04 Å². The third kappa shape index (κ3) is 3.38. The number of anilines is 1. The van der Waals surface area contributed by atoms with Crippen molar-refractivity contribution in [2.24, 2.45) is 5.92 Å². The van der Waals surface area contributed by atoms with Crippen molar-refractivity contribution in [3.63, 3.8) is 0 Å². The normalized spacial score (nSPS) is 21.1. The summed E-state index contributed by atoms with van der Waals surface area (Å²) in [6, 6.07) is 7.66. The molecule has 1 saturated heterocycles. The van der Waals surface area contributed by atoms with Crippen molar-refractivity contribution in [1.29, 1.82) is 5.26 Å². The molecule has 5 heteroatoms. The van der Waals surface area contributed by atoms with Crippen LogP contribution in [0.5, 0.6) is 0 Å². The Morgan fingerprint density at radius 2 is 2.39 bits per heavy atom. The van der Waals surface area contributed by atoms with Crippen LogP contribution in [0.4, 0.5) is 5.69 Å². The number of nitrogens with zero attached hydrogens (tertiary/aromatic N) is 1. The predicted molar refractivity (Wildman–Crippen MR) is 75.7 cm³/mol. The lowest BCUT2D eigenvalue weighted by atomic mass is 9.94. The van der Waals surface area contributed by atoms with Gasteiger partial charge >= 0.3 is 0 Å². The van der Waals surface area contributed by atoms with Gasteiger partial charge in [-0.25, -0.2) is 0 Å². The third-order valence-corrected chi connectivity index (χ3v) is 4.26. The summed E-state index contributed by atoms with van der Waals surface area (Å²) in [5.74, 6) is 0.248. The van der Waals surface area contributed by atoms with E-state index in [1.165, 1.54) is 0 Å². The van der Waals surface area contributed by atoms with Crippen LogP contribution in [0.2, 0.25) is 5.02 Å². The molecule has 0 amide bonds. The summed E-state index contributed by atoms with van der Waals surface area (Å²) in [6.45, 7) is 1.46. The summed E-state index contributed by atoms with van der Waals surface area (Å²) in [4.78, 5) is 0. The summed E-state index contributed by atoms with van der Waals surface area (Å²) in [5, 5.41) is 13.2. The molecule has 0 bridgehead atoms. The van der Waals surface area contributed by atoms with Gasteiger partial charge in [-0.3, -0.25) is 0 Å². The number of nitrogens with one attached hydrogen (secondary N) is 1. The van der Waals surface area contributed by atoms with E-state index < -0.39 is 0 Å². The molecule has 2 rings (SSSR count). The maximum absolute atomic E-state index is 9.26. The second-order valence-electron chi connectivity index (χ2n) is 4.36. The lowest BCUT2D eigenvalue weighted by Gasteiger charge is -2.27. The molecule has 1 aromatic rings. The fraction of sp³-hybridized carbons (Fsp3) is 0.462. The van der Waals surface area contributed by atoms with E-state index in [0.717, 1.165) is 29.6 Å². The highest BCUT2D eigenvalue weighted by Gasteiger charge is 2.24. The Bertz CT molecular complexity index is 455. The monoisotopic (exact) mass is 328 g/mol.